The fraction of sp³-hybridized carbons (Fsp3) is 0.700. The third-order valence-corrected chi connectivity index (χ3v) is 4.79. The average molecular weight is 307 g/mol. The van der Waals surface area contributed by atoms with Crippen LogP contribution in [-0.2, 0) is 10.3 Å². The van der Waals surface area contributed by atoms with Crippen LogP contribution in [0.2, 0.25) is 0 Å². The van der Waals surface area contributed by atoms with E-state index in [-0.39, 0.29) is 18.6 Å². The van der Waals surface area contributed by atoms with Crippen molar-refractivity contribution in [2.75, 3.05) is 13.2 Å². The molecule has 0 bridgehead atoms. The molecule has 4 nitrogen and oxygen atoms in total. The molecule has 16 heavy (non-hydrogen) atoms. The van der Waals surface area contributed by atoms with Gasteiger partial charge in [0.15, 0.2) is 0 Å². The van der Waals surface area contributed by atoms with Crippen LogP contribution in [-0.4, -0.2) is 29.4 Å². The van der Waals surface area contributed by atoms with Crippen LogP contribution in [0.3, 0.4) is 0 Å². The first-order valence-corrected chi connectivity index (χ1v) is 6.86. The van der Waals surface area contributed by atoms with E-state index in [1.165, 1.54) is 11.3 Å². The number of aromatic nitrogens is 1. The highest BCUT2D eigenvalue weighted by Crippen LogP contribution is 2.37. The lowest BCUT2D eigenvalue weighted by atomic mass is 9.80. The van der Waals surface area contributed by atoms with Crippen molar-refractivity contribution < 1.29 is 9.84 Å². The Kier molecular flexibility index (Phi) is 3.65. The number of nitrogens with zero attached hydrogens (tertiary/aromatic N) is 1. The summed E-state index contributed by atoms with van der Waals surface area (Å²) in [5, 5.41) is 12.2. The van der Waals surface area contributed by atoms with Gasteiger partial charge in [-0.1, -0.05) is 0 Å². The summed E-state index contributed by atoms with van der Waals surface area (Å²) in [5.74, 6) is 0.00861. The van der Waals surface area contributed by atoms with Gasteiger partial charge in [-0.25, -0.2) is 4.98 Å². The van der Waals surface area contributed by atoms with Gasteiger partial charge >= 0.3 is 0 Å². The van der Waals surface area contributed by atoms with E-state index in [0.717, 1.165) is 16.0 Å². The number of aliphatic hydroxyl groups is 1. The largest absolute Gasteiger partial charge is 0.396 e. The van der Waals surface area contributed by atoms with E-state index in [4.69, 9.17) is 10.5 Å². The first-order valence-electron chi connectivity index (χ1n) is 5.19. The van der Waals surface area contributed by atoms with Crippen LogP contribution < -0.4 is 5.73 Å². The number of nitrogens with two attached hydrogens (primary N) is 1. The van der Waals surface area contributed by atoms with Crippen LogP contribution in [0.25, 0.3) is 0 Å². The van der Waals surface area contributed by atoms with Gasteiger partial charge in [0.1, 0.15) is 9.61 Å². The highest BCUT2D eigenvalue weighted by molar-refractivity contribution is 9.10. The summed E-state index contributed by atoms with van der Waals surface area (Å²) in [4.78, 5) is 4.35. The second kappa shape index (κ2) is 4.70. The molecule has 1 aliphatic heterocycles. The van der Waals surface area contributed by atoms with Crippen LogP contribution in [0.5, 0.6) is 0 Å². The predicted octanol–water partition coefficient (Wildman–Crippen LogP) is 1.48. The lowest BCUT2D eigenvalue weighted by Crippen LogP contribution is -2.54. The summed E-state index contributed by atoms with van der Waals surface area (Å²) in [6, 6.07) is 0. The first-order chi connectivity index (χ1) is 7.56. The number of hydrogen-bond donors (Lipinski definition) is 2. The zero-order valence-electron chi connectivity index (χ0n) is 9.02. The maximum atomic E-state index is 9.44. The SMILES string of the molecule is C[C@H]1CC(CO)C(N)(c2nc(Br)cs2)CO1. The monoisotopic (exact) mass is 306 g/mol. The van der Waals surface area contributed by atoms with Gasteiger partial charge < -0.3 is 15.6 Å². The topological polar surface area (TPSA) is 68.4 Å². The van der Waals surface area contributed by atoms with Gasteiger partial charge in [-0.3, -0.25) is 0 Å². The Morgan fingerprint density at radius 3 is 3.12 bits per heavy atom. The first kappa shape index (κ1) is 12.4. The zero-order valence-corrected chi connectivity index (χ0v) is 11.4. The lowest BCUT2D eigenvalue weighted by molar-refractivity contribution is -0.0670. The van der Waals surface area contributed by atoms with Gasteiger partial charge in [-0.2, -0.15) is 0 Å². The van der Waals surface area contributed by atoms with E-state index in [2.05, 4.69) is 20.9 Å². The molecule has 0 amide bonds. The van der Waals surface area contributed by atoms with Gasteiger partial charge in [0, 0.05) is 17.9 Å². The van der Waals surface area contributed by atoms with Gasteiger partial charge in [-0.05, 0) is 29.3 Å². The van der Waals surface area contributed by atoms with Crippen molar-refractivity contribution in [3.63, 3.8) is 0 Å². The van der Waals surface area contributed by atoms with Gasteiger partial charge in [0.05, 0.1) is 18.2 Å². The molecule has 1 fully saturated rings. The van der Waals surface area contributed by atoms with E-state index < -0.39 is 5.54 Å². The number of thiazole rings is 1. The number of ether oxygens (including phenoxy) is 1. The minimum absolute atomic E-state index is 0.00861. The van der Waals surface area contributed by atoms with Gasteiger partial charge in [0.25, 0.3) is 0 Å². The standard InChI is InChI=1S/C10H15BrN2O2S/c1-6-2-7(3-14)10(12,5-15-6)9-13-8(11)4-16-9/h4,6-7,14H,2-3,5,12H2,1H3/t6-,7?,10?/m0/s1. The van der Waals surface area contributed by atoms with E-state index >= 15 is 0 Å². The molecule has 1 aromatic heterocycles. The van der Waals surface area contributed by atoms with Crippen molar-refractivity contribution in [2.24, 2.45) is 11.7 Å². The molecule has 0 spiro atoms. The van der Waals surface area contributed by atoms with Crippen molar-refractivity contribution in [2.45, 2.75) is 25.0 Å². The van der Waals surface area contributed by atoms with Crippen LogP contribution in [0, 0.1) is 5.92 Å². The number of rotatable bonds is 2. The summed E-state index contributed by atoms with van der Waals surface area (Å²) < 4.78 is 6.39. The van der Waals surface area contributed by atoms with Crippen molar-refractivity contribution in [1.82, 2.24) is 4.98 Å². The quantitative estimate of drug-likeness (QED) is 0.868. The van der Waals surface area contributed by atoms with E-state index in [1.807, 2.05) is 12.3 Å². The highest BCUT2D eigenvalue weighted by Gasteiger charge is 2.43. The molecule has 90 valence electrons. The molecule has 0 aliphatic carbocycles. The second-order valence-corrected chi connectivity index (χ2v) is 5.92. The Bertz CT molecular complexity index is 373. The van der Waals surface area contributed by atoms with Crippen LogP contribution in [0.15, 0.2) is 9.98 Å². The molecule has 0 radical (unpaired) electrons. The molecule has 1 aliphatic rings. The maximum absolute atomic E-state index is 9.44. The molecule has 1 saturated heterocycles. The molecule has 2 rings (SSSR count). The van der Waals surface area contributed by atoms with Crippen molar-refractivity contribution in [1.29, 1.82) is 0 Å². The molecule has 0 saturated carbocycles. The van der Waals surface area contributed by atoms with Gasteiger partial charge in [-0.15, -0.1) is 11.3 Å². The summed E-state index contributed by atoms with van der Waals surface area (Å²) in [6.45, 7) is 2.49. The molecule has 6 heteroatoms. The smallest absolute Gasteiger partial charge is 0.117 e. The third kappa shape index (κ3) is 2.17. The van der Waals surface area contributed by atoms with Crippen LogP contribution >= 0.6 is 27.3 Å². The molecule has 2 heterocycles. The highest BCUT2D eigenvalue weighted by atomic mass is 79.9. The summed E-state index contributed by atoms with van der Waals surface area (Å²) in [5.41, 5.74) is 5.70. The van der Waals surface area contributed by atoms with Crippen LogP contribution in [0.1, 0.15) is 18.4 Å². The van der Waals surface area contributed by atoms with E-state index in [1.54, 1.807) is 0 Å². The summed E-state index contributed by atoms with van der Waals surface area (Å²) in [6.07, 6.45) is 0.918. The molecule has 2 unspecified atom stereocenters. The Labute approximate surface area is 107 Å². The Morgan fingerprint density at radius 1 is 1.81 bits per heavy atom. The van der Waals surface area contributed by atoms with Crippen LogP contribution in [0.4, 0.5) is 0 Å². The number of halogens is 1. The molecule has 0 aromatic carbocycles. The molecule has 3 N–H and O–H groups in total. The molecule has 3 atom stereocenters. The Balaban J connectivity index is 2.28. The second-order valence-electron chi connectivity index (χ2n) is 4.25. The Morgan fingerprint density at radius 2 is 2.56 bits per heavy atom. The van der Waals surface area contributed by atoms with Gasteiger partial charge in [0.2, 0.25) is 0 Å². The van der Waals surface area contributed by atoms with E-state index in [9.17, 15) is 5.11 Å². The normalized spacial score (nSPS) is 35.2. The maximum Gasteiger partial charge on any atom is 0.117 e. The minimum Gasteiger partial charge on any atom is -0.396 e. The average Bonchev–Trinajstić information content (AvgIpc) is 2.69. The predicted molar refractivity (Wildman–Crippen MR) is 66.3 cm³/mol. The summed E-state index contributed by atoms with van der Waals surface area (Å²) >= 11 is 4.82. The minimum atomic E-state index is -0.655. The molecule has 1 aromatic rings. The number of aliphatic hydroxyl groups excluding tert-OH is 1. The fourth-order valence-electron chi connectivity index (χ4n) is 2.02. The Hall–Kier alpha value is -0.0100. The molecular formula is C10H15BrN2O2S. The van der Waals surface area contributed by atoms with E-state index in [0.29, 0.717) is 6.61 Å². The van der Waals surface area contributed by atoms with Crippen molar-refractivity contribution in [3.05, 3.63) is 15.0 Å². The van der Waals surface area contributed by atoms with Crippen molar-refractivity contribution >= 4 is 27.3 Å². The van der Waals surface area contributed by atoms with Crippen molar-refractivity contribution in [3.8, 4) is 0 Å². The lowest BCUT2D eigenvalue weighted by Gasteiger charge is -2.41. The zero-order chi connectivity index (χ0) is 11.8. The fourth-order valence-corrected chi connectivity index (χ4v) is 3.45. The third-order valence-electron chi connectivity index (χ3n) is 3.05. The number of hydrogen-bond acceptors (Lipinski definition) is 5. The molecular weight excluding hydrogens is 292 g/mol. The summed E-state index contributed by atoms with van der Waals surface area (Å²) in [7, 11) is 0.